The molecule has 1 rings (SSSR count). The quantitative estimate of drug-likeness (QED) is 0.692. The van der Waals surface area contributed by atoms with Crippen LogP contribution < -0.4 is 10.6 Å². The number of ether oxygens (including phenoxy) is 1. The maximum absolute atomic E-state index is 12.7. The Hall–Kier alpha value is -2.55. The van der Waals surface area contributed by atoms with Crippen LogP contribution in [0.2, 0.25) is 0 Å². The van der Waals surface area contributed by atoms with E-state index in [9.17, 15) is 18.8 Å². The fourth-order valence-electron chi connectivity index (χ4n) is 1.04. The molecule has 0 aliphatic rings. The van der Waals surface area contributed by atoms with Gasteiger partial charge in [0.05, 0.1) is 18.1 Å². The minimum Gasteiger partial charge on any atom is -0.480 e. The summed E-state index contributed by atoms with van der Waals surface area (Å²) in [5.74, 6) is -2.71. The van der Waals surface area contributed by atoms with Crippen molar-refractivity contribution in [3.05, 3.63) is 24.3 Å². The Labute approximate surface area is 106 Å². The largest absolute Gasteiger partial charge is 0.480 e. The molecule has 8 nitrogen and oxygen atoms in total. The number of carboxylic acids is 1. The number of aromatic nitrogens is 1. The summed E-state index contributed by atoms with van der Waals surface area (Å²) in [4.78, 5) is 36.0. The van der Waals surface area contributed by atoms with Crippen molar-refractivity contribution in [1.29, 1.82) is 0 Å². The van der Waals surface area contributed by atoms with Crippen LogP contribution in [-0.2, 0) is 14.3 Å². The number of anilines is 1. The van der Waals surface area contributed by atoms with Crippen molar-refractivity contribution < 1.29 is 28.6 Å². The number of nitrogens with one attached hydrogen (secondary N) is 2. The molecular formula is C10H10FN3O5. The second-order valence-corrected chi connectivity index (χ2v) is 3.28. The molecule has 1 aromatic heterocycles. The zero-order chi connectivity index (χ0) is 14.3. The number of halogens is 1. The number of carboxylic acid groups (broad SMARTS) is 1. The SMILES string of the molecule is O=C(O)COCC(=O)NC(=O)Nc1cncc(F)c1. The lowest BCUT2D eigenvalue weighted by Gasteiger charge is -2.06. The van der Waals surface area contributed by atoms with Gasteiger partial charge in [-0.2, -0.15) is 0 Å². The van der Waals surface area contributed by atoms with Crippen LogP contribution in [0.25, 0.3) is 0 Å². The average Bonchev–Trinajstić information content (AvgIpc) is 2.27. The van der Waals surface area contributed by atoms with Crippen LogP contribution in [0.15, 0.2) is 18.5 Å². The summed E-state index contributed by atoms with van der Waals surface area (Å²) in [6.45, 7) is -1.23. The van der Waals surface area contributed by atoms with Gasteiger partial charge in [-0.15, -0.1) is 0 Å². The molecule has 3 amide bonds. The molecule has 0 aromatic carbocycles. The number of nitrogens with zero attached hydrogens (tertiary/aromatic N) is 1. The first-order valence-electron chi connectivity index (χ1n) is 4.98. The maximum Gasteiger partial charge on any atom is 0.329 e. The minimum atomic E-state index is -1.23. The van der Waals surface area contributed by atoms with Gasteiger partial charge in [0, 0.05) is 6.07 Å². The van der Waals surface area contributed by atoms with E-state index in [0.717, 1.165) is 12.3 Å². The minimum absolute atomic E-state index is 0.0664. The monoisotopic (exact) mass is 271 g/mol. The van der Waals surface area contributed by atoms with Crippen molar-refractivity contribution in [3.63, 3.8) is 0 Å². The van der Waals surface area contributed by atoms with E-state index in [1.54, 1.807) is 0 Å². The number of pyridine rings is 1. The van der Waals surface area contributed by atoms with Gasteiger partial charge in [-0.1, -0.05) is 0 Å². The van der Waals surface area contributed by atoms with E-state index in [2.05, 4.69) is 15.0 Å². The standard InChI is InChI=1S/C10H10FN3O5/c11-6-1-7(3-12-2-6)13-10(18)14-8(15)4-19-5-9(16)17/h1-3H,4-5H2,(H,16,17)(H2,13,14,15,18). The second kappa shape index (κ2) is 7.01. The molecule has 0 spiro atoms. The van der Waals surface area contributed by atoms with Gasteiger partial charge in [0.25, 0.3) is 5.91 Å². The molecular weight excluding hydrogens is 261 g/mol. The maximum atomic E-state index is 12.7. The number of carbonyl (C=O) groups is 3. The fourth-order valence-corrected chi connectivity index (χ4v) is 1.04. The van der Waals surface area contributed by atoms with Crippen molar-refractivity contribution in [1.82, 2.24) is 10.3 Å². The van der Waals surface area contributed by atoms with Crippen LogP contribution in [0.3, 0.4) is 0 Å². The number of hydrogen-bond acceptors (Lipinski definition) is 5. The van der Waals surface area contributed by atoms with Crippen LogP contribution >= 0.6 is 0 Å². The van der Waals surface area contributed by atoms with Gasteiger partial charge >= 0.3 is 12.0 Å². The molecule has 1 aromatic rings. The molecule has 0 saturated carbocycles. The third kappa shape index (κ3) is 6.07. The Kier molecular flexibility index (Phi) is 5.35. The molecule has 1 heterocycles. The molecule has 102 valence electrons. The predicted molar refractivity (Wildman–Crippen MR) is 59.8 cm³/mol. The lowest BCUT2D eigenvalue weighted by atomic mass is 10.4. The number of imide groups is 1. The number of rotatable bonds is 5. The zero-order valence-electron chi connectivity index (χ0n) is 9.55. The topological polar surface area (TPSA) is 118 Å². The number of amides is 3. The van der Waals surface area contributed by atoms with Gasteiger partial charge in [0.15, 0.2) is 0 Å². The van der Waals surface area contributed by atoms with Crippen LogP contribution in [0.4, 0.5) is 14.9 Å². The Morgan fingerprint density at radius 3 is 2.68 bits per heavy atom. The van der Waals surface area contributed by atoms with Gasteiger partial charge < -0.3 is 15.2 Å². The smallest absolute Gasteiger partial charge is 0.329 e. The molecule has 9 heteroatoms. The lowest BCUT2D eigenvalue weighted by molar-refractivity contribution is -0.143. The number of urea groups is 1. The van der Waals surface area contributed by atoms with E-state index in [1.165, 1.54) is 6.20 Å². The highest BCUT2D eigenvalue weighted by atomic mass is 19.1. The molecule has 19 heavy (non-hydrogen) atoms. The van der Waals surface area contributed by atoms with Crippen LogP contribution in [-0.4, -0.2) is 41.2 Å². The van der Waals surface area contributed by atoms with E-state index < -0.39 is 36.9 Å². The summed E-state index contributed by atoms with van der Waals surface area (Å²) in [6.07, 6.45) is 2.14. The first-order valence-corrected chi connectivity index (χ1v) is 4.98. The van der Waals surface area contributed by atoms with E-state index in [-0.39, 0.29) is 5.69 Å². The third-order valence-corrected chi connectivity index (χ3v) is 1.67. The van der Waals surface area contributed by atoms with Crippen molar-refractivity contribution in [2.45, 2.75) is 0 Å². The van der Waals surface area contributed by atoms with Gasteiger partial charge in [0.2, 0.25) is 0 Å². The lowest BCUT2D eigenvalue weighted by Crippen LogP contribution is -2.37. The first-order chi connectivity index (χ1) is 8.97. The van der Waals surface area contributed by atoms with Crippen molar-refractivity contribution in [2.24, 2.45) is 0 Å². The van der Waals surface area contributed by atoms with E-state index in [1.807, 2.05) is 5.32 Å². The molecule has 0 unspecified atom stereocenters. The fraction of sp³-hybridized carbons (Fsp3) is 0.200. The van der Waals surface area contributed by atoms with E-state index in [4.69, 9.17) is 5.11 Å². The summed E-state index contributed by atoms with van der Waals surface area (Å²) in [5.41, 5.74) is 0.0664. The summed E-state index contributed by atoms with van der Waals surface area (Å²) < 4.78 is 17.2. The molecule has 0 aliphatic heterocycles. The highest BCUT2D eigenvalue weighted by Gasteiger charge is 2.09. The molecule has 0 saturated heterocycles. The van der Waals surface area contributed by atoms with Crippen LogP contribution in [0.5, 0.6) is 0 Å². The Morgan fingerprint density at radius 2 is 2.05 bits per heavy atom. The Balaban J connectivity index is 2.34. The molecule has 3 N–H and O–H groups in total. The van der Waals surface area contributed by atoms with E-state index >= 15 is 0 Å². The number of carbonyl (C=O) groups excluding carboxylic acids is 2. The average molecular weight is 271 g/mol. The summed E-state index contributed by atoms with van der Waals surface area (Å²) in [6, 6.07) is 0.106. The molecule has 0 aliphatic carbocycles. The molecule has 0 atom stereocenters. The number of aliphatic carboxylic acids is 1. The van der Waals surface area contributed by atoms with Crippen molar-refractivity contribution >= 4 is 23.6 Å². The van der Waals surface area contributed by atoms with Crippen LogP contribution in [0.1, 0.15) is 0 Å². The normalized spacial score (nSPS) is 9.74. The zero-order valence-corrected chi connectivity index (χ0v) is 9.55. The van der Waals surface area contributed by atoms with Gasteiger partial charge in [-0.05, 0) is 0 Å². The molecule has 0 fully saturated rings. The third-order valence-electron chi connectivity index (χ3n) is 1.67. The summed E-state index contributed by atoms with van der Waals surface area (Å²) >= 11 is 0. The Bertz CT molecular complexity index is 494. The Morgan fingerprint density at radius 1 is 1.32 bits per heavy atom. The van der Waals surface area contributed by atoms with Gasteiger partial charge in [-0.3, -0.25) is 15.1 Å². The van der Waals surface area contributed by atoms with Crippen molar-refractivity contribution in [3.8, 4) is 0 Å². The number of hydrogen-bond donors (Lipinski definition) is 3. The highest BCUT2D eigenvalue weighted by Crippen LogP contribution is 2.05. The summed E-state index contributed by atoms with van der Waals surface area (Å²) in [5, 5.41) is 12.3. The predicted octanol–water partition coefficient (Wildman–Crippen LogP) is -0.0300. The summed E-state index contributed by atoms with van der Waals surface area (Å²) in [7, 11) is 0. The first kappa shape index (κ1) is 14.5. The second-order valence-electron chi connectivity index (χ2n) is 3.28. The van der Waals surface area contributed by atoms with Crippen molar-refractivity contribution in [2.75, 3.05) is 18.5 Å². The highest BCUT2D eigenvalue weighted by molar-refractivity contribution is 6.01. The van der Waals surface area contributed by atoms with E-state index in [0.29, 0.717) is 0 Å². The van der Waals surface area contributed by atoms with Gasteiger partial charge in [0.1, 0.15) is 19.0 Å². The molecule has 0 radical (unpaired) electrons. The van der Waals surface area contributed by atoms with Crippen LogP contribution in [0, 0.1) is 5.82 Å². The molecule has 0 bridgehead atoms. The van der Waals surface area contributed by atoms with Gasteiger partial charge in [-0.25, -0.2) is 14.0 Å².